The van der Waals surface area contributed by atoms with E-state index in [9.17, 15) is 4.79 Å². The number of nitrogens with two attached hydrogens (primary N) is 1. The Morgan fingerprint density at radius 1 is 1.29 bits per heavy atom. The van der Waals surface area contributed by atoms with Gasteiger partial charge in [0.25, 0.3) is 5.91 Å². The molecule has 0 aliphatic carbocycles. The molecule has 3 nitrogen and oxygen atoms in total. The van der Waals surface area contributed by atoms with Gasteiger partial charge >= 0.3 is 0 Å². The van der Waals surface area contributed by atoms with Gasteiger partial charge in [-0.05, 0) is 50.5 Å². The number of ether oxygens (including phenoxy) is 1. The van der Waals surface area contributed by atoms with Gasteiger partial charge in [0.05, 0.1) is 0 Å². The van der Waals surface area contributed by atoms with Crippen LogP contribution in [0.4, 0.5) is 0 Å². The minimum absolute atomic E-state index is 0.474. The summed E-state index contributed by atoms with van der Waals surface area (Å²) in [6.45, 7) is 7.75. The van der Waals surface area contributed by atoms with Crippen molar-refractivity contribution < 1.29 is 9.53 Å². The van der Waals surface area contributed by atoms with E-state index in [0.29, 0.717) is 0 Å². The molecule has 0 bridgehead atoms. The van der Waals surface area contributed by atoms with Crippen LogP contribution in [0.25, 0.3) is 6.08 Å². The second-order valence-corrected chi connectivity index (χ2v) is 4.78. The zero-order valence-corrected chi connectivity index (χ0v) is 10.6. The molecule has 0 saturated heterocycles. The number of amides is 1. The van der Waals surface area contributed by atoms with Crippen molar-refractivity contribution >= 4 is 12.0 Å². The number of hydrogen-bond donors (Lipinski definition) is 1. The van der Waals surface area contributed by atoms with Crippen LogP contribution in [0.3, 0.4) is 0 Å². The van der Waals surface area contributed by atoms with E-state index in [1.807, 2.05) is 26.8 Å². The van der Waals surface area contributed by atoms with Gasteiger partial charge in [0.2, 0.25) is 5.60 Å². The van der Waals surface area contributed by atoms with Crippen LogP contribution in [0.5, 0.6) is 5.75 Å². The molecule has 0 fully saturated rings. The molecule has 0 aromatic heterocycles. The largest absolute Gasteiger partial charge is 0.473 e. The summed E-state index contributed by atoms with van der Waals surface area (Å²) in [7, 11) is 0. The van der Waals surface area contributed by atoms with Gasteiger partial charge in [0, 0.05) is 5.56 Å². The van der Waals surface area contributed by atoms with Crippen LogP contribution in [-0.4, -0.2) is 11.5 Å². The number of carbonyl (C=O) groups is 1. The van der Waals surface area contributed by atoms with Crippen LogP contribution in [0.2, 0.25) is 0 Å². The fourth-order valence-electron chi connectivity index (χ4n) is 2.03. The lowest BCUT2D eigenvalue weighted by atomic mass is 9.93. The van der Waals surface area contributed by atoms with Gasteiger partial charge in [0.1, 0.15) is 5.75 Å². The van der Waals surface area contributed by atoms with E-state index in [-0.39, 0.29) is 0 Å². The number of primary amides is 1. The maximum absolute atomic E-state index is 11.4. The van der Waals surface area contributed by atoms with Gasteiger partial charge in [-0.15, -0.1) is 0 Å². The lowest BCUT2D eigenvalue weighted by Gasteiger charge is -2.31. The fourth-order valence-corrected chi connectivity index (χ4v) is 2.03. The van der Waals surface area contributed by atoms with E-state index in [2.05, 4.69) is 6.07 Å². The molecule has 2 rings (SSSR count). The van der Waals surface area contributed by atoms with Crippen LogP contribution in [0.15, 0.2) is 12.1 Å². The van der Waals surface area contributed by atoms with Crippen LogP contribution >= 0.6 is 0 Å². The van der Waals surface area contributed by atoms with Crippen LogP contribution < -0.4 is 10.5 Å². The molecular weight excluding hydrogens is 214 g/mol. The van der Waals surface area contributed by atoms with E-state index in [0.717, 1.165) is 28.0 Å². The highest BCUT2D eigenvalue weighted by molar-refractivity contribution is 5.88. The Kier molecular flexibility index (Phi) is 2.49. The summed E-state index contributed by atoms with van der Waals surface area (Å²) in [6, 6.07) is 2.12. The Labute approximate surface area is 101 Å². The van der Waals surface area contributed by atoms with E-state index in [4.69, 9.17) is 10.5 Å². The summed E-state index contributed by atoms with van der Waals surface area (Å²) >= 11 is 0. The molecule has 2 N–H and O–H groups in total. The summed E-state index contributed by atoms with van der Waals surface area (Å²) in [5.41, 5.74) is 8.72. The zero-order valence-electron chi connectivity index (χ0n) is 10.6. The molecule has 1 amide bonds. The minimum Gasteiger partial charge on any atom is -0.473 e. The second kappa shape index (κ2) is 3.62. The monoisotopic (exact) mass is 231 g/mol. The highest BCUT2D eigenvalue weighted by atomic mass is 16.5. The Bertz CT molecular complexity index is 532. The lowest BCUT2D eigenvalue weighted by molar-refractivity contribution is -0.128. The van der Waals surface area contributed by atoms with Gasteiger partial charge in [-0.25, -0.2) is 0 Å². The van der Waals surface area contributed by atoms with Crippen molar-refractivity contribution in [2.45, 2.75) is 33.3 Å². The molecule has 1 unspecified atom stereocenters. The molecule has 17 heavy (non-hydrogen) atoms. The molecule has 90 valence electrons. The number of rotatable bonds is 1. The Balaban J connectivity index is 2.62. The van der Waals surface area contributed by atoms with E-state index in [1.165, 1.54) is 0 Å². The average Bonchev–Trinajstić information content (AvgIpc) is 2.25. The Morgan fingerprint density at radius 2 is 1.94 bits per heavy atom. The predicted octanol–water partition coefficient (Wildman–Crippen LogP) is 2.26. The predicted molar refractivity (Wildman–Crippen MR) is 67.9 cm³/mol. The van der Waals surface area contributed by atoms with Crippen molar-refractivity contribution in [2.24, 2.45) is 5.73 Å². The summed E-state index contributed by atoms with van der Waals surface area (Å²) in [5, 5.41) is 0. The van der Waals surface area contributed by atoms with E-state index in [1.54, 1.807) is 13.0 Å². The molecule has 1 atom stereocenters. The highest BCUT2D eigenvalue weighted by Crippen LogP contribution is 2.37. The van der Waals surface area contributed by atoms with Crippen LogP contribution in [-0.2, 0) is 4.79 Å². The van der Waals surface area contributed by atoms with Crippen molar-refractivity contribution in [2.75, 3.05) is 0 Å². The maximum Gasteiger partial charge on any atom is 0.265 e. The number of aryl methyl sites for hydroxylation is 2. The van der Waals surface area contributed by atoms with E-state index < -0.39 is 11.5 Å². The third-order valence-corrected chi connectivity index (χ3v) is 3.41. The first-order valence-electron chi connectivity index (χ1n) is 5.64. The topological polar surface area (TPSA) is 52.3 Å². The molecule has 1 aliphatic heterocycles. The zero-order chi connectivity index (χ0) is 12.8. The summed E-state index contributed by atoms with van der Waals surface area (Å²) < 4.78 is 5.81. The molecular formula is C14H17NO2. The van der Waals surface area contributed by atoms with Gasteiger partial charge < -0.3 is 10.5 Å². The van der Waals surface area contributed by atoms with Crippen molar-refractivity contribution in [3.63, 3.8) is 0 Å². The molecule has 0 spiro atoms. The SMILES string of the molecule is Cc1cc(C)c2c(c1C)OC(C)(C(N)=O)C=C2. The van der Waals surface area contributed by atoms with Crippen molar-refractivity contribution in [1.82, 2.24) is 0 Å². The first-order valence-corrected chi connectivity index (χ1v) is 5.64. The van der Waals surface area contributed by atoms with E-state index >= 15 is 0 Å². The fraction of sp³-hybridized carbons (Fsp3) is 0.357. The summed E-state index contributed by atoms with van der Waals surface area (Å²) in [4.78, 5) is 11.4. The Morgan fingerprint density at radius 3 is 2.53 bits per heavy atom. The average molecular weight is 231 g/mol. The van der Waals surface area contributed by atoms with Crippen molar-refractivity contribution in [3.8, 4) is 5.75 Å². The Hall–Kier alpha value is -1.77. The maximum atomic E-state index is 11.4. The normalized spacial score (nSPS) is 21.9. The van der Waals surface area contributed by atoms with Gasteiger partial charge in [0.15, 0.2) is 0 Å². The van der Waals surface area contributed by atoms with Crippen molar-refractivity contribution in [3.05, 3.63) is 34.4 Å². The molecule has 1 heterocycles. The van der Waals surface area contributed by atoms with Gasteiger partial charge in [-0.1, -0.05) is 12.1 Å². The standard InChI is InChI=1S/C14H17NO2/c1-8-7-9(2)11-5-6-14(4,13(15)16)17-12(11)10(8)3/h5-7H,1-4H3,(H2,15,16). The minimum atomic E-state index is -1.04. The first-order chi connectivity index (χ1) is 7.85. The molecule has 1 aromatic rings. The summed E-state index contributed by atoms with van der Waals surface area (Å²) in [6.07, 6.45) is 3.64. The van der Waals surface area contributed by atoms with Crippen molar-refractivity contribution in [1.29, 1.82) is 0 Å². The van der Waals surface area contributed by atoms with Crippen LogP contribution in [0.1, 0.15) is 29.2 Å². The lowest BCUT2D eigenvalue weighted by Crippen LogP contribution is -2.45. The smallest absolute Gasteiger partial charge is 0.265 e. The molecule has 1 aliphatic rings. The first kappa shape index (κ1) is 11.7. The third-order valence-electron chi connectivity index (χ3n) is 3.41. The van der Waals surface area contributed by atoms with Gasteiger partial charge in [-0.3, -0.25) is 4.79 Å². The van der Waals surface area contributed by atoms with Gasteiger partial charge in [-0.2, -0.15) is 0 Å². The molecule has 3 heteroatoms. The highest BCUT2D eigenvalue weighted by Gasteiger charge is 2.34. The molecule has 0 saturated carbocycles. The quantitative estimate of drug-likeness (QED) is 0.806. The number of carbonyl (C=O) groups excluding carboxylic acids is 1. The molecule has 0 radical (unpaired) electrons. The third kappa shape index (κ3) is 1.71. The summed E-state index contributed by atoms with van der Waals surface area (Å²) in [5.74, 6) is 0.296. The number of fused-ring (bicyclic) bond motifs is 1. The second-order valence-electron chi connectivity index (χ2n) is 4.78. The number of benzene rings is 1. The number of hydrogen-bond acceptors (Lipinski definition) is 2. The van der Waals surface area contributed by atoms with Crippen LogP contribution in [0, 0.1) is 20.8 Å². The molecule has 1 aromatic carbocycles.